The Hall–Kier alpha value is -2.16. The molecule has 3 heteroatoms. The van der Waals surface area contributed by atoms with Crippen LogP contribution in [0.5, 0.6) is 0 Å². The number of amides is 1. The van der Waals surface area contributed by atoms with Crippen molar-refractivity contribution < 1.29 is 4.79 Å². The van der Waals surface area contributed by atoms with Crippen LogP contribution in [0.1, 0.15) is 36.2 Å². The molecular weight excluding hydrogens is 248 g/mol. The second-order valence-corrected chi connectivity index (χ2v) is 4.92. The summed E-state index contributed by atoms with van der Waals surface area (Å²) >= 11 is 0. The van der Waals surface area contributed by atoms with Gasteiger partial charge >= 0.3 is 0 Å². The van der Waals surface area contributed by atoms with E-state index in [1.165, 1.54) is 0 Å². The molecule has 1 unspecified atom stereocenters. The van der Waals surface area contributed by atoms with Gasteiger partial charge in [-0.15, -0.1) is 0 Å². The van der Waals surface area contributed by atoms with Crippen molar-refractivity contribution in [3.05, 3.63) is 66.0 Å². The van der Waals surface area contributed by atoms with Gasteiger partial charge in [0.25, 0.3) is 5.91 Å². The Balaban J connectivity index is 2.22. The zero-order valence-electron chi connectivity index (χ0n) is 12.0. The van der Waals surface area contributed by atoms with Gasteiger partial charge in [-0.1, -0.05) is 37.3 Å². The molecule has 0 fully saturated rings. The highest BCUT2D eigenvalue weighted by atomic mass is 16.2. The Bertz CT molecular complexity index is 539. The molecule has 1 atom stereocenters. The molecule has 2 rings (SSSR count). The van der Waals surface area contributed by atoms with Crippen molar-refractivity contribution in [1.29, 1.82) is 0 Å². The Morgan fingerprint density at radius 1 is 1.20 bits per heavy atom. The van der Waals surface area contributed by atoms with E-state index in [0.717, 1.165) is 12.0 Å². The zero-order chi connectivity index (χ0) is 14.4. The molecule has 0 aliphatic carbocycles. The fourth-order valence-electron chi connectivity index (χ4n) is 2.08. The summed E-state index contributed by atoms with van der Waals surface area (Å²) in [6.07, 6.45) is 4.24. The normalized spacial score (nSPS) is 11.9. The Kier molecular flexibility index (Phi) is 4.88. The summed E-state index contributed by atoms with van der Waals surface area (Å²) in [6.45, 7) is 4.81. The standard InChI is InChI=1S/C17H20N2O/c1-3-14(2)19(13-15-8-5-4-6-9-15)17(20)16-10-7-11-18-12-16/h4-12,14H,3,13H2,1-2H3. The second-order valence-electron chi connectivity index (χ2n) is 4.92. The maximum absolute atomic E-state index is 12.6. The third-order valence-corrected chi connectivity index (χ3v) is 3.49. The minimum atomic E-state index is 0.0382. The summed E-state index contributed by atoms with van der Waals surface area (Å²) in [4.78, 5) is 18.6. The van der Waals surface area contributed by atoms with Crippen molar-refractivity contribution in [3.63, 3.8) is 0 Å². The molecule has 1 heterocycles. The number of rotatable bonds is 5. The lowest BCUT2D eigenvalue weighted by Gasteiger charge is -2.28. The van der Waals surface area contributed by atoms with E-state index in [-0.39, 0.29) is 11.9 Å². The van der Waals surface area contributed by atoms with Crippen LogP contribution in [0.2, 0.25) is 0 Å². The van der Waals surface area contributed by atoms with Crippen LogP contribution >= 0.6 is 0 Å². The highest BCUT2D eigenvalue weighted by molar-refractivity contribution is 5.94. The Morgan fingerprint density at radius 3 is 2.55 bits per heavy atom. The van der Waals surface area contributed by atoms with E-state index < -0.39 is 0 Å². The fraction of sp³-hybridized carbons (Fsp3) is 0.294. The summed E-state index contributed by atoms with van der Waals surface area (Å²) in [6, 6.07) is 13.9. The highest BCUT2D eigenvalue weighted by Gasteiger charge is 2.20. The molecule has 0 spiro atoms. The minimum Gasteiger partial charge on any atom is -0.332 e. The average molecular weight is 268 g/mol. The first-order chi connectivity index (χ1) is 9.72. The van der Waals surface area contributed by atoms with Crippen LogP contribution in [-0.4, -0.2) is 21.8 Å². The third-order valence-electron chi connectivity index (χ3n) is 3.49. The van der Waals surface area contributed by atoms with Crippen molar-refractivity contribution in [1.82, 2.24) is 9.88 Å². The average Bonchev–Trinajstić information content (AvgIpc) is 2.53. The number of pyridine rings is 1. The minimum absolute atomic E-state index is 0.0382. The van der Waals surface area contributed by atoms with Crippen molar-refractivity contribution >= 4 is 5.91 Å². The Morgan fingerprint density at radius 2 is 1.95 bits per heavy atom. The molecule has 3 nitrogen and oxygen atoms in total. The van der Waals surface area contributed by atoms with Crippen LogP contribution in [-0.2, 0) is 6.54 Å². The van der Waals surface area contributed by atoms with Crippen molar-refractivity contribution in [2.75, 3.05) is 0 Å². The summed E-state index contributed by atoms with van der Waals surface area (Å²) in [5.41, 5.74) is 1.79. The first-order valence-electron chi connectivity index (χ1n) is 6.97. The van der Waals surface area contributed by atoms with Gasteiger partial charge in [0.15, 0.2) is 0 Å². The molecule has 0 radical (unpaired) electrons. The van der Waals surface area contributed by atoms with Gasteiger partial charge in [0.2, 0.25) is 0 Å². The second kappa shape index (κ2) is 6.85. The molecule has 0 saturated carbocycles. The first-order valence-corrected chi connectivity index (χ1v) is 6.97. The maximum atomic E-state index is 12.6. The van der Waals surface area contributed by atoms with E-state index in [4.69, 9.17) is 0 Å². The van der Waals surface area contributed by atoms with Crippen LogP contribution in [0, 0.1) is 0 Å². The van der Waals surface area contributed by atoms with Gasteiger partial charge in [-0.05, 0) is 31.0 Å². The molecule has 1 amide bonds. The summed E-state index contributed by atoms with van der Waals surface area (Å²) in [5.74, 6) is 0.0382. The van der Waals surface area contributed by atoms with E-state index in [1.807, 2.05) is 41.3 Å². The van der Waals surface area contributed by atoms with Gasteiger partial charge in [0, 0.05) is 25.0 Å². The van der Waals surface area contributed by atoms with Gasteiger partial charge in [-0.2, -0.15) is 0 Å². The SMILES string of the molecule is CCC(C)N(Cc1ccccc1)C(=O)c1cccnc1. The van der Waals surface area contributed by atoms with Gasteiger partial charge in [-0.25, -0.2) is 0 Å². The van der Waals surface area contributed by atoms with Crippen LogP contribution in [0.15, 0.2) is 54.9 Å². The quantitative estimate of drug-likeness (QED) is 0.831. The molecule has 0 aliphatic heterocycles. The Labute approximate surface area is 120 Å². The van der Waals surface area contributed by atoms with E-state index in [1.54, 1.807) is 18.5 Å². The smallest absolute Gasteiger partial charge is 0.255 e. The van der Waals surface area contributed by atoms with Crippen LogP contribution in [0.3, 0.4) is 0 Å². The summed E-state index contributed by atoms with van der Waals surface area (Å²) in [7, 11) is 0. The lowest BCUT2D eigenvalue weighted by molar-refractivity contribution is 0.0671. The van der Waals surface area contributed by atoms with Gasteiger partial charge in [0.1, 0.15) is 0 Å². The molecule has 0 N–H and O–H groups in total. The third kappa shape index (κ3) is 3.44. The van der Waals surface area contributed by atoms with Gasteiger partial charge < -0.3 is 4.90 Å². The number of aromatic nitrogens is 1. The maximum Gasteiger partial charge on any atom is 0.255 e. The molecule has 0 saturated heterocycles. The fourth-order valence-corrected chi connectivity index (χ4v) is 2.08. The number of hydrogen-bond donors (Lipinski definition) is 0. The van der Waals surface area contributed by atoms with Crippen molar-refractivity contribution in [3.8, 4) is 0 Å². The molecular formula is C17H20N2O. The molecule has 1 aromatic heterocycles. The van der Waals surface area contributed by atoms with E-state index in [2.05, 4.69) is 18.8 Å². The lowest BCUT2D eigenvalue weighted by Crippen LogP contribution is -2.37. The molecule has 0 bridgehead atoms. The number of hydrogen-bond acceptors (Lipinski definition) is 2. The van der Waals surface area contributed by atoms with E-state index in [0.29, 0.717) is 12.1 Å². The molecule has 20 heavy (non-hydrogen) atoms. The molecule has 0 aliphatic rings. The van der Waals surface area contributed by atoms with Crippen molar-refractivity contribution in [2.45, 2.75) is 32.9 Å². The first kappa shape index (κ1) is 14.3. The molecule has 1 aromatic carbocycles. The number of nitrogens with zero attached hydrogens (tertiary/aromatic N) is 2. The van der Waals surface area contributed by atoms with Crippen molar-refractivity contribution in [2.24, 2.45) is 0 Å². The highest BCUT2D eigenvalue weighted by Crippen LogP contribution is 2.14. The molecule has 2 aromatic rings. The number of carbonyl (C=O) groups excluding carboxylic acids is 1. The van der Waals surface area contributed by atoms with Gasteiger partial charge in [0.05, 0.1) is 5.56 Å². The number of benzene rings is 1. The predicted molar refractivity (Wildman–Crippen MR) is 80.3 cm³/mol. The van der Waals surface area contributed by atoms with Crippen LogP contribution < -0.4 is 0 Å². The molecule has 104 valence electrons. The summed E-state index contributed by atoms with van der Waals surface area (Å²) in [5, 5.41) is 0. The van der Waals surface area contributed by atoms with Crippen LogP contribution in [0.4, 0.5) is 0 Å². The predicted octanol–water partition coefficient (Wildman–Crippen LogP) is 3.52. The number of carbonyl (C=O) groups is 1. The summed E-state index contributed by atoms with van der Waals surface area (Å²) < 4.78 is 0. The lowest BCUT2D eigenvalue weighted by atomic mass is 10.1. The largest absolute Gasteiger partial charge is 0.332 e. The van der Waals surface area contributed by atoms with Gasteiger partial charge in [-0.3, -0.25) is 9.78 Å². The van der Waals surface area contributed by atoms with E-state index in [9.17, 15) is 4.79 Å². The zero-order valence-corrected chi connectivity index (χ0v) is 12.0. The topological polar surface area (TPSA) is 33.2 Å². The van der Waals surface area contributed by atoms with Crippen LogP contribution in [0.25, 0.3) is 0 Å². The monoisotopic (exact) mass is 268 g/mol. The van der Waals surface area contributed by atoms with E-state index >= 15 is 0 Å².